The number of furan rings is 2. The zero-order chi connectivity index (χ0) is 18.1. The first-order valence-corrected chi connectivity index (χ1v) is 8.07. The largest absolute Gasteiger partial charge is 0.478 e. The molecule has 0 unspecified atom stereocenters. The lowest BCUT2D eigenvalue weighted by Gasteiger charge is -2.11. The third kappa shape index (κ3) is 3.03. The van der Waals surface area contributed by atoms with Crippen LogP contribution in [0, 0.1) is 6.92 Å². The van der Waals surface area contributed by atoms with Gasteiger partial charge < -0.3 is 19.3 Å². The maximum absolute atomic E-state index is 12.4. The van der Waals surface area contributed by atoms with Crippen molar-refractivity contribution >= 4 is 22.8 Å². The van der Waals surface area contributed by atoms with Crippen molar-refractivity contribution in [1.29, 1.82) is 0 Å². The molecule has 6 heteroatoms. The maximum atomic E-state index is 12.4. The number of carboxylic acid groups (broad SMARTS) is 1. The van der Waals surface area contributed by atoms with Gasteiger partial charge in [0.05, 0.1) is 6.04 Å². The van der Waals surface area contributed by atoms with Crippen LogP contribution in [0.15, 0.2) is 39.2 Å². The SMILES string of the molecule is CCc1oc(C(=O)N[C@H](C)c2oc3ccccc3c2C)cc1C(=O)O. The van der Waals surface area contributed by atoms with Crippen LogP contribution in [0.2, 0.25) is 0 Å². The van der Waals surface area contributed by atoms with Gasteiger partial charge in [-0.3, -0.25) is 4.79 Å². The minimum Gasteiger partial charge on any atom is -0.478 e. The Morgan fingerprint density at radius 1 is 1.24 bits per heavy atom. The molecule has 0 bridgehead atoms. The van der Waals surface area contributed by atoms with Crippen molar-refractivity contribution in [2.24, 2.45) is 0 Å². The number of carbonyl (C=O) groups excluding carboxylic acids is 1. The smallest absolute Gasteiger partial charge is 0.339 e. The molecule has 3 aromatic rings. The second-order valence-corrected chi connectivity index (χ2v) is 5.89. The van der Waals surface area contributed by atoms with E-state index in [-0.39, 0.29) is 23.1 Å². The minimum absolute atomic E-state index is 0.0141. The molecule has 0 saturated carbocycles. The second kappa shape index (κ2) is 6.47. The molecule has 3 rings (SSSR count). The van der Waals surface area contributed by atoms with E-state index >= 15 is 0 Å². The molecule has 0 aliphatic rings. The Labute approximate surface area is 144 Å². The van der Waals surface area contributed by atoms with Crippen LogP contribution in [0.1, 0.15) is 57.9 Å². The lowest BCUT2D eigenvalue weighted by molar-refractivity contribution is 0.0694. The molecule has 2 N–H and O–H groups in total. The normalized spacial score (nSPS) is 12.3. The molecule has 1 aromatic carbocycles. The Kier molecular flexibility index (Phi) is 4.35. The van der Waals surface area contributed by atoms with E-state index in [9.17, 15) is 9.59 Å². The Bertz CT molecular complexity index is 950. The third-order valence-electron chi connectivity index (χ3n) is 4.21. The number of carboxylic acids is 1. The standard InChI is InChI=1S/C19H19NO5/c1-4-14-13(19(22)23)9-16(24-14)18(21)20-11(3)17-10(2)12-7-5-6-8-15(12)25-17/h5-9,11H,4H2,1-3H3,(H,20,21)(H,22,23)/t11-/m1/s1. The van der Waals surface area contributed by atoms with E-state index in [1.807, 2.05) is 38.1 Å². The molecule has 1 atom stereocenters. The Hall–Kier alpha value is -3.02. The van der Waals surface area contributed by atoms with Crippen molar-refractivity contribution in [2.75, 3.05) is 0 Å². The lowest BCUT2D eigenvalue weighted by Crippen LogP contribution is -2.26. The number of hydrogen-bond donors (Lipinski definition) is 2. The number of carbonyl (C=O) groups is 2. The fourth-order valence-electron chi connectivity index (χ4n) is 2.92. The van der Waals surface area contributed by atoms with Crippen molar-refractivity contribution < 1.29 is 23.5 Å². The summed E-state index contributed by atoms with van der Waals surface area (Å²) in [6, 6.07) is 8.53. The molecule has 1 amide bonds. The van der Waals surface area contributed by atoms with Gasteiger partial charge in [-0.15, -0.1) is 0 Å². The maximum Gasteiger partial charge on any atom is 0.339 e. The molecular formula is C19H19NO5. The van der Waals surface area contributed by atoms with Crippen LogP contribution in [0.4, 0.5) is 0 Å². The van der Waals surface area contributed by atoms with Gasteiger partial charge in [0.15, 0.2) is 5.76 Å². The number of hydrogen-bond acceptors (Lipinski definition) is 4. The Balaban J connectivity index is 1.85. The first kappa shape index (κ1) is 16.8. The number of rotatable bonds is 5. The summed E-state index contributed by atoms with van der Waals surface area (Å²) in [6.45, 7) is 5.52. The highest BCUT2D eigenvalue weighted by Crippen LogP contribution is 2.29. The summed E-state index contributed by atoms with van der Waals surface area (Å²) >= 11 is 0. The van der Waals surface area contributed by atoms with Crippen LogP contribution in [0.25, 0.3) is 11.0 Å². The van der Waals surface area contributed by atoms with Gasteiger partial charge in [0, 0.05) is 23.4 Å². The Morgan fingerprint density at radius 2 is 1.96 bits per heavy atom. The van der Waals surface area contributed by atoms with Gasteiger partial charge in [0.1, 0.15) is 22.7 Å². The van der Waals surface area contributed by atoms with Gasteiger partial charge in [-0.25, -0.2) is 4.79 Å². The quantitative estimate of drug-likeness (QED) is 0.729. The minimum atomic E-state index is -1.11. The van der Waals surface area contributed by atoms with Crippen LogP contribution >= 0.6 is 0 Å². The van der Waals surface area contributed by atoms with Crippen molar-refractivity contribution in [1.82, 2.24) is 5.32 Å². The number of aromatic carboxylic acids is 1. The summed E-state index contributed by atoms with van der Waals surface area (Å²) in [5.41, 5.74) is 1.74. The number of benzene rings is 1. The van der Waals surface area contributed by atoms with E-state index in [1.165, 1.54) is 6.07 Å². The first-order valence-electron chi connectivity index (χ1n) is 8.07. The van der Waals surface area contributed by atoms with Crippen LogP contribution in [0.5, 0.6) is 0 Å². The number of aryl methyl sites for hydroxylation is 2. The molecule has 0 aliphatic heterocycles. The molecule has 0 saturated heterocycles. The summed E-state index contributed by atoms with van der Waals surface area (Å²) in [5.74, 6) is -0.661. The van der Waals surface area contributed by atoms with E-state index in [4.69, 9.17) is 13.9 Å². The predicted molar refractivity (Wildman–Crippen MR) is 91.9 cm³/mol. The zero-order valence-electron chi connectivity index (χ0n) is 14.3. The van der Waals surface area contributed by atoms with Gasteiger partial charge in [-0.1, -0.05) is 25.1 Å². The van der Waals surface area contributed by atoms with Crippen molar-refractivity contribution in [3.63, 3.8) is 0 Å². The van der Waals surface area contributed by atoms with Crippen molar-refractivity contribution in [3.8, 4) is 0 Å². The number of amides is 1. The van der Waals surface area contributed by atoms with Gasteiger partial charge in [-0.05, 0) is 19.9 Å². The predicted octanol–water partition coefficient (Wildman–Crippen LogP) is 4.09. The van der Waals surface area contributed by atoms with E-state index in [2.05, 4.69) is 5.32 Å². The fraction of sp³-hybridized carbons (Fsp3) is 0.263. The molecule has 25 heavy (non-hydrogen) atoms. The number of fused-ring (bicyclic) bond motifs is 1. The van der Waals surface area contributed by atoms with Crippen molar-refractivity contribution in [2.45, 2.75) is 33.2 Å². The summed E-state index contributed by atoms with van der Waals surface area (Å²) < 4.78 is 11.2. The fourth-order valence-corrected chi connectivity index (χ4v) is 2.92. The van der Waals surface area contributed by atoms with Crippen LogP contribution in [-0.4, -0.2) is 17.0 Å². The van der Waals surface area contributed by atoms with E-state index < -0.39 is 11.9 Å². The van der Waals surface area contributed by atoms with Crippen LogP contribution < -0.4 is 5.32 Å². The molecule has 130 valence electrons. The van der Waals surface area contributed by atoms with Gasteiger partial charge in [0.25, 0.3) is 5.91 Å². The molecule has 0 fully saturated rings. The van der Waals surface area contributed by atoms with Gasteiger partial charge >= 0.3 is 5.97 Å². The molecule has 2 heterocycles. The molecule has 2 aromatic heterocycles. The lowest BCUT2D eigenvalue weighted by atomic mass is 10.1. The second-order valence-electron chi connectivity index (χ2n) is 5.89. The molecule has 0 aliphatic carbocycles. The summed E-state index contributed by atoms with van der Waals surface area (Å²) in [4.78, 5) is 23.6. The summed E-state index contributed by atoms with van der Waals surface area (Å²) in [6.07, 6.45) is 0.396. The molecule has 0 spiro atoms. The molecule has 6 nitrogen and oxygen atoms in total. The van der Waals surface area contributed by atoms with Gasteiger partial charge in [0.2, 0.25) is 0 Å². The topological polar surface area (TPSA) is 92.7 Å². The van der Waals surface area contributed by atoms with E-state index in [0.717, 1.165) is 16.5 Å². The zero-order valence-corrected chi connectivity index (χ0v) is 14.3. The summed E-state index contributed by atoms with van der Waals surface area (Å²) in [5, 5.41) is 13.0. The first-order chi connectivity index (χ1) is 11.9. The number of para-hydroxylation sites is 1. The number of nitrogens with one attached hydrogen (secondary N) is 1. The van der Waals surface area contributed by atoms with E-state index in [0.29, 0.717) is 12.2 Å². The average Bonchev–Trinajstić information content (AvgIpc) is 3.17. The molecular weight excluding hydrogens is 322 g/mol. The monoisotopic (exact) mass is 341 g/mol. The summed E-state index contributed by atoms with van der Waals surface area (Å²) in [7, 11) is 0. The highest BCUT2D eigenvalue weighted by atomic mass is 16.4. The molecule has 0 radical (unpaired) electrons. The Morgan fingerprint density at radius 3 is 2.56 bits per heavy atom. The highest BCUT2D eigenvalue weighted by Gasteiger charge is 2.23. The van der Waals surface area contributed by atoms with Crippen LogP contribution in [-0.2, 0) is 6.42 Å². The third-order valence-corrected chi connectivity index (χ3v) is 4.21. The average molecular weight is 341 g/mol. The van der Waals surface area contributed by atoms with Gasteiger partial charge in [-0.2, -0.15) is 0 Å². The highest BCUT2D eigenvalue weighted by molar-refractivity contribution is 5.96. The van der Waals surface area contributed by atoms with Crippen LogP contribution in [0.3, 0.4) is 0 Å². The van der Waals surface area contributed by atoms with Crippen molar-refractivity contribution in [3.05, 3.63) is 58.7 Å². The van der Waals surface area contributed by atoms with E-state index in [1.54, 1.807) is 6.92 Å².